The van der Waals surface area contributed by atoms with Crippen LogP contribution < -0.4 is 11.1 Å². The molecule has 5 N–H and O–H groups in total. The number of H-pyrrole nitrogens is 1. The Hall–Kier alpha value is -2.24. The molecule has 0 aliphatic carbocycles. The van der Waals surface area contributed by atoms with Crippen LogP contribution in [0.4, 0.5) is 5.82 Å². The van der Waals surface area contributed by atoms with Crippen LogP contribution in [-0.4, -0.2) is 85.8 Å². The molecule has 1 saturated heterocycles. The molecular formula is C20H18Cl2N8O4S4. The van der Waals surface area contributed by atoms with Gasteiger partial charge in [0, 0.05) is 16.3 Å². The lowest BCUT2D eigenvalue weighted by Gasteiger charge is -2.51. The van der Waals surface area contributed by atoms with Crippen LogP contribution in [0.1, 0.15) is 0 Å². The molecule has 18 heteroatoms. The van der Waals surface area contributed by atoms with Crippen LogP contribution in [0.25, 0.3) is 11.0 Å². The second kappa shape index (κ2) is 11.5. The van der Waals surface area contributed by atoms with E-state index in [4.69, 9.17) is 28.9 Å². The number of nitrogens with one attached hydrogen (secondary N) is 2. The number of carbonyl (C=O) groups is 2. The number of amides is 1. The second-order valence-electron chi connectivity index (χ2n) is 7.99. The van der Waals surface area contributed by atoms with Gasteiger partial charge in [-0.05, 0) is 12.1 Å². The molecule has 2 aliphatic heterocycles. The number of aliphatic carboxylic acids is 1. The highest BCUT2D eigenvalue weighted by molar-refractivity contribution is 8.18. The number of nitrogens with two attached hydrogens (primary N) is 1. The number of rotatable bonds is 9. The fraction of sp³-hybridized carbons (Fsp3) is 0.300. The Morgan fingerprint density at radius 2 is 1.97 bits per heavy atom. The van der Waals surface area contributed by atoms with Gasteiger partial charge in [0.2, 0.25) is 5.91 Å². The molecule has 0 bridgehead atoms. The smallest absolute Gasteiger partial charge is 0.353 e. The van der Waals surface area contributed by atoms with Gasteiger partial charge >= 0.3 is 5.97 Å². The number of pyridine rings is 1. The number of thioether (sulfide) groups is 3. The van der Waals surface area contributed by atoms with E-state index in [0.29, 0.717) is 36.9 Å². The molecule has 2 aliphatic rings. The summed E-state index contributed by atoms with van der Waals surface area (Å²) in [5.74, 6) is -0.921. The average molecular weight is 634 g/mol. The number of carboxylic acid groups (broad SMARTS) is 1. The number of nitrogen functional groups attached to an aromatic ring is 1. The molecule has 38 heavy (non-hydrogen) atoms. The number of hydrogen-bond acceptors (Lipinski definition) is 12. The molecule has 1 unspecified atom stereocenters. The maximum absolute atomic E-state index is 13.1. The second-order valence-corrected chi connectivity index (χ2v) is 13.7. The lowest BCUT2D eigenvalue weighted by molar-refractivity contribution is -0.135. The van der Waals surface area contributed by atoms with Crippen molar-refractivity contribution in [2.75, 3.05) is 28.9 Å². The van der Waals surface area contributed by atoms with Gasteiger partial charge in [-0.2, -0.15) is 5.10 Å². The summed E-state index contributed by atoms with van der Waals surface area (Å²) >= 11 is 15.6. The van der Waals surface area contributed by atoms with Crippen molar-refractivity contribution in [2.24, 2.45) is 0 Å². The van der Waals surface area contributed by atoms with Crippen LogP contribution in [0.5, 0.6) is 0 Å². The Bertz CT molecular complexity index is 1470. The first kappa shape index (κ1) is 27.3. The maximum atomic E-state index is 13.1. The molecular weight excluding hydrogens is 615 g/mol. The maximum Gasteiger partial charge on any atom is 0.353 e. The van der Waals surface area contributed by atoms with Gasteiger partial charge in [0.1, 0.15) is 27.2 Å². The summed E-state index contributed by atoms with van der Waals surface area (Å²) < 4.78 is 13.1. The van der Waals surface area contributed by atoms with Crippen molar-refractivity contribution in [3.8, 4) is 0 Å². The van der Waals surface area contributed by atoms with Crippen molar-refractivity contribution in [1.82, 2.24) is 35.4 Å². The highest BCUT2D eigenvalue weighted by Crippen LogP contribution is 2.39. The summed E-state index contributed by atoms with van der Waals surface area (Å²) in [7, 11) is -1.41. The normalized spacial score (nSPS) is 20.8. The molecule has 0 radical (unpaired) electrons. The van der Waals surface area contributed by atoms with Crippen molar-refractivity contribution in [3.05, 3.63) is 39.2 Å². The summed E-state index contributed by atoms with van der Waals surface area (Å²) in [4.78, 5) is 39.9. The third-order valence-electron chi connectivity index (χ3n) is 5.53. The molecule has 12 nitrogen and oxygen atoms in total. The van der Waals surface area contributed by atoms with Crippen molar-refractivity contribution in [1.29, 1.82) is 0 Å². The minimum Gasteiger partial charge on any atom is -0.477 e. The first-order valence-electron chi connectivity index (χ1n) is 10.8. The number of fused-ring (bicyclic) bond motifs is 2. The van der Waals surface area contributed by atoms with Crippen LogP contribution in [-0.2, 0) is 20.4 Å². The number of halogens is 2. The quantitative estimate of drug-likeness (QED) is 0.117. The molecule has 0 aromatic carbocycles. The van der Waals surface area contributed by atoms with Gasteiger partial charge in [0.15, 0.2) is 10.8 Å². The lowest BCUT2D eigenvalue weighted by Crippen LogP contribution is -2.70. The van der Waals surface area contributed by atoms with Crippen molar-refractivity contribution >= 4 is 98.0 Å². The van der Waals surface area contributed by atoms with Crippen molar-refractivity contribution in [3.63, 3.8) is 0 Å². The van der Waals surface area contributed by atoms with Gasteiger partial charge in [0.25, 0.3) is 0 Å². The van der Waals surface area contributed by atoms with Gasteiger partial charge < -0.3 is 21.1 Å². The predicted octanol–water partition coefficient (Wildman–Crippen LogP) is 2.40. The first-order valence-corrected chi connectivity index (χ1v) is 15.9. The molecule has 3 aromatic rings. The zero-order valence-corrected chi connectivity index (χ0v) is 23.9. The Balaban J connectivity index is 1.19. The molecule has 0 saturated carbocycles. The molecule has 5 rings (SSSR count). The molecule has 5 heterocycles. The zero-order valence-electron chi connectivity index (χ0n) is 19.1. The average Bonchev–Trinajstić information content (AvgIpc) is 3.29. The first-order chi connectivity index (χ1) is 18.2. The van der Waals surface area contributed by atoms with E-state index in [1.54, 1.807) is 23.2 Å². The highest BCUT2D eigenvalue weighted by atomic mass is 35.5. The molecule has 0 spiro atoms. The topological polar surface area (TPSA) is 180 Å². The predicted molar refractivity (Wildman–Crippen MR) is 149 cm³/mol. The van der Waals surface area contributed by atoms with E-state index in [-0.39, 0.29) is 40.0 Å². The van der Waals surface area contributed by atoms with E-state index in [2.05, 4.69) is 30.5 Å². The fourth-order valence-corrected chi connectivity index (χ4v) is 9.41. The standard InChI is InChI=1S/C20H18Cl2N8O4S4/c21-12-1-8(2-13(22)26-12)35-5-14(31)25-10-4-30-15(19(32)33)11(6-38(34)18(10)30)36-7-37-20-27-16(23)9-3-24-29-17(9)28-20/h1-3,10,18H,4-7H2,(H,25,31)(H,32,33)(H3,23,24,27,28,29)/t10-,18-,38?/m1/s1. The number of aromatic amines is 1. The number of anilines is 1. The van der Waals surface area contributed by atoms with Crippen LogP contribution >= 0.6 is 58.5 Å². The van der Waals surface area contributed by atoms with E-state index in [1.165, 1.54) is 35.3 Å². The lowest BCUT2D eigenvalue weighted by atomic mass is 10.1. The van der Waals surface area contributed by atoms with E-state index in [9.17, 15) is 18.9 Å². The molecule has 1 amide bonds. The molecule has 3 atom stereocenters. The largest absolute Gasteiger partial charge is 0.477 e. The summed E-state index contributed by atoms with van der Waals surface area (Å²) in [6, 6.07) is 2.77. The molecule has 3 aromatic heterocycles. The Kier molecular flexibility index (Phi) is 8.25. The third-order valence-corrected chi connectivity index (χ3v) is 10.8. The number of hydrogen-bond donors (Lipinski definition) is 4. The van der Waals surface area contributed by atoms with E-state index >= 15 is 0 Å². The summed E-state index contributed by atoms with van der Waals surface area (Å²) in [5, 5.41) is 20.7. The fourth-order valence-electron chi connectivity index (χ4n) is 3.92. The number of aromatic nitrogens is 5. The Morgan fingerprint density at radius 3 is 2.71 bits per heavy atom. The minimum absolute atomic E-state index is 0.0751. The Labute approximate surface area is 240 Å². The van der Waals surface area contributed by atoms with Gasteiger partial charge in [-0.1, -0.05) is 35.0 Å². The van der Waals surface area contributed by atoms with Crippen molar-refractivity contribution < 1.29 is 18.9 Å². The monoisotopic (exact) mass is 632 g/mol. The summed E-state index contributed by atoms with van der Waals surface area (Å²) in [6.45, 7) is 0.245. The molecule has 200 valence electrons. The van der Waals surface area contributed by atoms with Crippen LogP contribution in [0.3, 0.4) is 0 Å². The minimum atomic E-state index is -1.41. The van der Waals surface area contributed by atoms with Gasteiger partial charge in [-0.15, -0.1) is 23.5 Å². The summed E-state index contributed by atoms with van der Waals surface area (Å²) in [5.41, 5.74) is 6.55. The SMILES string of the molecule is Nc1nc(SCSC2=C(C(=O)O)N3C[C@@H](NC(=O)CSc4cc(Cl)nc(Cl)c4)[C@H]3S(=O)C2)nc2[nH]ncc12. The van der Waals surface area contributed by atoms with Crippen molar-refractivity contribution in [2.45, 2.75) is 21.5 Å². The zero-order chi connectivity index (χ0) is 27.0. The number of nitrogens with zero attached hydrogens (tertiary/aromatic N) is 5. The van der Waals surface area contributed by atoms with E-state index in [1.807, 2.05) is 0 Å². The van der Waals surface area contributed by atoms with Crippen LogP contribution in [0.15, 0.2) is 39.0 Å². The number of carbonyl (C=O) groups excluding carboxylic acids is 1. The van der Waals surface area contributed by atoms with Crippen LogP contribution in [0.2, 0.25) is 10.3 Å². The summed E-state index contributed by atoms with van der Waals surface area (Å²) in [6.07, 6.45) is 1.54. The van der Waals surface area contributed by atoms with Crippen LogP contribution in [0, 0.1) is 0 Å². The highest BCUT2D eigenvalue weighted by Gasteiger charge is 2.50. The van der Waals surface area contributed by atoms with E-state index in [0.717, 1.165) is 0 Å². The van der Waals surface area contributed by atoms with Gasteiger partial charge in [0.05, 0.1) is 45.0 Å². The van der Waals surface area contributed by atoms with E-state index < -0.39 is 28.2 Å². The van der Waals surface area contributed by atoms with Gasteiger partial charge in [-0.3, -0.25) is 14.1 Å². The molecule has 1 fully saturated rings. The number of carboxylic acids is 1. The third kappa shape index (κ3) is 5.84. The van der Waals surface area contributed by atoms with Gasteiger partial charge in [-0.25, -0.2) is 19.7 Å². The Morgan fingerprint density at radius 1 is 1.21 bits per heavy atom.